The molecule has 27 heavy (non-hydrogen) atoms. The van der Waals surface area contributed by atoms with Crippen molar-refractivity contribution in [1.82, 2.24) is 14.9 Å². The lowest BCUT2D eigenvalue weighted by atomic mass is 10.2. The molecule has 1 amide bonds. The highest BCUT2D eigenvalue weighted by atomic mass is 32.2. The van der Waals surface area contributed by atoms with Gasteiger partial charge in [0.25, 0.3) is 0 Å². The summed E-state index contributed by atoms with van der Waals surface area (Å²) < 4.78 is 41.3. The second kappa shape index (κ2) is 7.70. The zero-order valence-corrected chi connectivity index (χ0v) is 14.8. The number of amides is 1. The second-order valence-corrected chi connectivity index (χ2v) is 6.87. The maximum Gasteiger partial charge on any atom is 0.237 e. The van der Waals surface area contributed by atoms with Crippen molar-refractivity contribution in [1.29, 1.82) is 0 Å². The van der Waals surface area contributed by atoms with Crippen LogP contribution in [-0.2, 0) is 4.79 Å². The van der Waals surface area contributed by atoms with Gasteiger partial charge >= 0.3 is 0 Å². The lowest BCUT2D eigenvalue weighted by Crippen LogP contribution is -2.24. The molecule has 140 valence electrons. The number of nitrogens with two attached hydrogens (primary N) is 1. The van der Waals surface area contributed by atoms with E-state index in [0.717, 1.165) is 34.6 Å². The summed E-state index contributed by atoms with van der Waals surface area (Å²) in [5.41, 5.74) is 0.165. The van der Waals surface area contributed by atoms with Gasteiger partial charge in [-0.05, 0) is 31.2 Å². The van der Waals surface area contributed by atoms with E-state index < -0.39 is 28.6 Å². The third kappa shape index (κ3) is 4.22. The number of rotatable bonds is 5. The fourth-order valence-corrected chi connectivity index (χ4v) is 2.99. The lowest BCUT2D eigenvalue weighted by Gasteiger charge is -2.12. The number of halogens is 3. The highest BCUT2D eigenvalue weighted by Crippen LogP contribution is 2.26. The third-order valence-electron chi connectivity index (χ3n) is 3.59. The summed E-state index contributed by atoms with van der Waals surface area (Å²) in [5, 5.41) is 9.59. The molecule has 0 saturated carbocycles. The van der Waals surface area contributed by atoms with E-state index in [2.05, 4.69) is 15.5 Å². The van der Waals surface area contributed by atoms with Gasteiger partial charge in [0.15, 0.2) is 5.82 Å². The zero-order valence-electron chi connectivity index (χ0n) is 14.0. The molecule has 3 aromatic rings. The molecule has 6 nitrogen and oxygen atoms in total. The Balaban J connectivity index is 1.73. The van der Waals surface area contributed by atoms with Crippen LogP contribution in [0.2, 0.25) is 0 Å². The Hall–Kier alpha value is -3.01. The lowest BCUT2D eigenvalue weighted by molar-refractivity contribution is -0.115. The van der Waals surface area contributed by atoms with Crippen LogP contribution in [0.5, 0.6) is 0 Å². The zero-order chi connectivity index (χ0) is 19.6. The number of anilines is 1. The minimum Gasteiger partial charge on any atom is -0.335 e. The Morgan fingerprint density at radius 3 is 2.63 bits per heavy atom. The largest absolute Gasteiger partial charge is 0.335 e. The molecule has 0 unspecified atom stereocenters. The van der Waals surface area contributed by atoms with E-state index in [1.807, 2.05) is 0 Å². The Morgan fingerprint density at radius 2 is 1.89 bits per heavy atom. The molecule has 0 spiro atoms. The molecular weight excluding hydrogens is 379 g/mol. The van der Waals surface area contributed by atoms with Crippen molar-refractivity contribution < 1.29 is 18.0 Å². The molecule has 1 heterocycles. The normalized spacial score (nSPS) is 12.0. The first-order chi connectivity index (χ1) is 12.8. The maximum atomic E-state index is 13.6. The minimum atomic E-state index is -0.752. The number of carbonyl (C=O) groups is 1. The Labute approximate surface area is 156 Å². The van der Waals surface area contributed by atoms with E-state index in [1.54, 1.807) is 13.0 Å². The fourth-order valence-electron chi connectivity index (χ4n) is 2.22. The molecule has 0 radical (unpaired) electrons. The topological polar surface area (TPSA) is 85.8 Å². The molecule has 2 aromatic carbocycles. The van der Waals surface area contributed by atoms with Gasteiger partial charge < -0.3 is 11.2 Å². The predicted molar refractivity (Wildman–Crippen MR) is 95.9 cm³/mol. The van der Waals surface area contributed by atoms with Gasteiger partial charge in [0.1, 0.15) is 17.5 Å². The third-order valence-corrected chi connectivity index (χ3v) is 4.64. The number of carbonyl (C=O) groups excluding carboxylic acids is 1. The van der Waals surface area contributed by atoms with E-state index in [9.17, 15) is 18.0 Å². The molecule has 10 heteroatoms. The predicted octanol–water partition coefficient (Wildman–Crippen LogP) is 3.20. The molecule has 0 bridgehead atoms. The summed E-state index contributed by atoms with van der Waals surface area (Å²) in [5.74, 6) is 3.72. The number of hydrogen-bond donors (Lipinski definition) is 2. The molecule has 0 fully saturated rings. The average Bonchev–Trinajstić information content (AvgIpc) is 2.98. The van der Waals surface area contributed by atoms with E-state index in [0.29, 0.717) is 5.56 Å². The Kier molecular flexibility index (Phi) is 5.36. The van der Waals surface area contributed by atoms with E-state index in [-0.39, 0.29) is 16.7 Å². The molecule has 0 aliphatic carbocycles. The maximum absolute atomic E-state index is 13.6. The number of aromatic nitrogens is 3. The quantitative estimate of drug-likeness (QED) is 0.514. The van der Waals surface area contributed by atoms with Gasteiger partial charge in [0, 0.05) is 11.6 Å². The Morgan fingerprint density at radius 1 is 1.15 bits per heavy atom. The fraction of sp³-hybridized carbons (Fsp3) is 0.118. The van der Waals surface area contributed by atoms with Crippen molar-refractivity contribution >= 4 is 23.4 Å². The molecule has 3 N–H and O–H groups in total. The van der Waals surface area contributed by atoms with E-state index in [4.69, 9.17) is 5.84 Å². The molecule has 1 aromatic heterocycles. The summed E-state index contributed by atoms with van der Waals surface area (Å²) in [7, 11) is 0. The summed E-state index contributed by atoms with van der Waals surface area (Å²) in [6, 6.07) is 8.43. The molecule has 1 atom stereocenters. The van der Waals surface area contributed by atoms with Crippen LogP contribution in [0.4, 0.5) is 18.9 Å². The van der Waals surface area contributed by atoms with Gasteiger partial charge in [0.05, 0.1) is 10.9 Å². The summed E-state index contributed by atoms with van der Waals surface area (Å²) in [6.07, 6.45) is 0. The van der Waals surface area contributed by atoms with Crippen LogP contribution in [0.1, 0.15) is 6.92 Å². The van der Waals surface area contributed by atoms with E-state index in [1.165, 1.54) is 18.2 Å². The second-order valence-electron chi connectivity index (χ2n) is 5.56. The minimum absolute atomic E-state index is 0.205. The molecular formula is C17H14F3N5OS. The first-order valence-electron chi connectivity index (χ1n) is 7.74. The van der Waals surface area contributed by atoms with Gasteiger partial charge in [-0.15, -0.1) is 10.2 Å². The van der Waals surface area contributed by atoms with Crippen molar-refractivity contribution in [2.24, 2.45) is 0 Å². The van der Waals surface area contributed by atoms with Gasteiger partial charge in [-0.3, -0.25) is 4.79 Å². The van der Waals surface area contributed by atoms with Gasteiger partial charge in [-0.25, -0.2) is 17.8 Å². The van der Waals surface area contributed by atoms with Gasteiger partial charge in [-0.1, -0.05) is 23.9 Å². The first-order valence-corrected chi connectivity index (χ1v) is 8.62. The smallest absolute Gasteiger partial charge is 0.237 e. The van der Waals surface area contributed by atoms with Crippen LogP contribution >= 0.6 is 11.8 Å². The molecule has 0 aliphatic heterocycles. The van der Waals surface area contributed by atoms with Crippen LogP contribution in [-0.4, -0.2) is 26.0 Å². The number of nitrogens with zero attached hydrogens (tertiary/aromatic N) is 3. The molecule has 3 rings (SSSR count). The standard InChI is InChI=1S/C17H14F3N5OS/c1-9(16(26)22-14-8-12(19)5-6-13(14)20)27-17-24-23-15(25(17)21)10-3-2-4-11(18)7-10/h2-9H,21H2,1H3,(H,22,26)/t9-/m0/s1. The summed E-state index contributed by atoms with van der Waals surface area (Å²) in [6.45, 7) is 1.55. The average molecular weight is 393 g/mol. The van der Waals surface area contributed by atoms with Crippen LogP contribution in [0, 0.1) is 17.5 Å². The van der Waals surface area contributed by atoms with Gasteiger partial charge in [-0.2, -0.15) is 0 Å². The highest BCUT2D eigenvalue weighted by Gasteiger charge is 2.21. The van der Waals surface area contributed by atoms with Crippen LogP contribution in [0.25, 0.3) is 11.4 Å². The number of thioether (sulfide) groups is 1. The Bertz CT molecular complexity index is 994. The SMILES string of the molecule is C[C@H](Sc1nnc(-c2cccc(F)c2)n1N)C(=O)Nc1cc(F)ccc1F. The van der Waals surface area contributed by atoms with Crippen molar-refractivity contribution in [3.8, 4) is 11.4 Å². The number of hydrogen-bond acceptors (Lipinski definition) is 5. The monoisotopic (exact) mass is 393 g/mol. The number of benzene rings is 2. The number of nitrogen functional groups attached to an aromatic ring is 1. The van der Waals surface area contributed by atoms with E-state index >= 15 is 0 Å². The van der Waals surface area contributed by atoms with Gasteiger partial charge in [0.2, 0.25) is 11.1 Å². The molecule has 0 aliphatic rings. The summed E-state index contributed by atoms with van der Waals surface area (Å²) >= 11 is 0.970. The van der Waals surface area contributed by atoms with Crippen molar-refractivity contribution in [2.75, 3.05) is 11.2 Å². The highest BCUT2D eigenvalue weighted by molar-refractivity contribution is 8.00. The molecule has 0 saturated heterocycles. The van der Waals surface area contributed by atoms with Crippen molar-refractivity contribution in [2.45, 2.75) is 17.3 Å². The van der Waals surface area contributed by atoms with Crippen LogP contribution < -0.4 is 11.2 Å². The van der Waals surface area contributed by atoms with Crippen molar-refractivity contribution in [3.63, 3.8) is 0 Å². The first kappa shape index (κ1) is 18.8. The van der Waals surface area contributed by atoms with Crippen LogP contribution in [0.3, 0.4) is 0 Å². The van der Waals surface area contributed by atoms with Crippen LogP contribution in [0.15, 0.2) is 47.6 Å². The summed E-state index contributed by atoms with van der Waals surface area (Å²) in [4.78, 5) is 12.2. The van der Waals surface area contributed by atoms with Crippen molar-refractivity contribution in [3.05, 3.63) is 59.9 Å². The number of nitrogens with one attached hydrogen (secondary N) is 1.